The SMILES string of the molecule is CCCCCCCC(O)CSc1ccc(Cl)cc1. The fraction of sp³-hybridized carbons (Fsp3) is 0.600. The summed E-state index contributed by atoms with van der Waals surface area (Å²) < 4.78 is 0. The standard InChI is InChI=1S/C15H23ClOS/c1-2-3-4-5-6-7-14(17)12-18-15-10-8-13(16)9-11-15/h8-11,14,17H,2-7,12H2,1H3. The topological polar surface area (TPSA) is 20.2 Å². The highest BCUT2D eigenvalue weighted by atomic mass is 35.5. The average Bonchev–Trinajstić information content (AvgIpc) is 2.38. The lowest BCUT2D eigenvalue weighted by Gasteiger charge is -2.10. The number of benzene rings is 1. The lowest BCUT2D eigenvalue weighted by atomic mass is 10.1. The molecule has 1 nitrogen and oxygen atoms in total. The zero-order valence-corrected chi connectivity index (χ0v) is 12.6. The maximum atomic E-state index is 9.87. The number of hydrogen-bond acceptors (Lipinski definition) is 2. The van der Waals surface area contributed by atoms with Gasteiger partial charge in [0.15, 0.2) is 0 Å². The zero-order chi connectivity index (χ0) is 13.2. The lowest BCUT2D eigenvalue weighted by Crippen LogP contribution is -2.09. The number of rotatable bonds is 9. The summed E-state index contributed by atoms with van der Waals surface area (Å²) in [6.45, 7) is 2.22. The van der Waals surface area contributed by atoms with Gasteiger partial charge < -0.3 is 5.11 Å². The first-order valence-electron chi connectivity index (χ1n) is 6.78. The van der Waals surface area contributed by atoms with Crippen molar-refractivity contribution in [2.24, 2.45) is 0 Å². The van der Waals surface area contributed by atoms with E-state index in [-0.39, 0.29) is 6.10 Å². The Morgan fingerprint density at radius 3 is 2.44 bits per heavy atom. The van der Waals surface area contributed by atoms with Gasteiger partial charge in [0.2, 0.25) is 0 Å². The van der Waals surface area contributed by atoms with Gasteiger partial charge in [-0.2, -0.15) is 0 Å². The average molecular weight is 287 g/mol. The van der Waals surface area contributed by atoms with Gasteiger partial charge >= 0.3 is 0 Å². The van der Waals surface area contributed by atoms with Gasteiger partial charge in [-0.1, -0.05) is 50.6 Å². The number of unbranched alkanes of at least 4 members (excludes halogenated alkanes) is 4. The lowest BCUT2D eigenvalue weighted by molar-refractivity contribution is 0.185. The molecule has 1 atom stereocenters. The van der Waals surface area contributed by atoms with Crippen LogP contribution in [0.3, 0.4) is 0 Å². The normalized spacial score (nSPS) is 12.6. The molecule has 0 radical (unpaired) electrons. The summed E-state index contributed by atoms with van der Waals surface area (Å²) in [5, 5.41) is 10.6. The molecule has 0 aliphatic rings. The van der Waals surface area contributed by atoms with Crippen LogP contribution in [-0.4, -0.2) is 17.0 Å². The Morgan fingerprint density at radius 1 is 1.11 bits per heavy atom. The number of aliphatic hydroxyl groups is 1. The van der Waals surface area contributed by atoms with E-state index in [0.29, 0.717) is 0 Å². The number of thioether (sulfide) groups is 1. The molecule has 0 spiro atoms. The molecule has 1 N–H and O–H groups in total. The predicted octanol–water partition coefficient (Wildman–Crippen LogP) is 5.15. The van der Waals surface area contributed by atoms with E-state index in [1.165, 1.54) is 30.6 Å². The zero-order valence-electron chi connectivity index (χ0n) is 11.1. The Hall–Kier alpha value is -0.180. The smallest absolute Gasteiger partial charge is 0.0634 e. The maximum Gasteiger partial charge on any atom is 0.0634 e. The fourth-order valence-electron chi connectivity index (χ4n) is 1.79. The summed E-state index contributed by atoms with van der Waals surface area (Å²) in [6.07, 6.45) is 7.01. The molecule has 1 aromatic rings. The van der Waals surface area contributed by atoms with E-state index in [4.69, 9.17) is 11.6 Å². The highest BCUT2D eigenvalue weighted by molar-refractivity contribution is 7.99. The second kappa shape index (κ2) is 9.71. The van der Waals surface area contributed by atoms with Crippen LogP contribution in [0, 0.1) is 0 Å². The molecule has 3 heteroatoms. The van der Waals surface area contributed by atoms with Crippen LogP contribution in [0.25, 0.3) is 0 Å². The van der Waals surface area contributed by atoms with Crippen LogP contribution in [0.2, 0.25) is 5.02 Å². The van der Waals surface area contributed by atoms with E-state index < -0.39 is 0 Å². The third-order valence-electron chi connectivity index (χ3n) is 2.90. The molecule has 0 saturated heterocycles. The molecule has 0 aliphatic carbocycles. The summed E-state index contributed by atoms with van der Waals surface area (Å²) in [4.78, 5) is 1.17. The summed E-state index contributed by atoms with van der Waals surface area (Å²) in [5.41, 5.74) is 0. The molecular weight excluding hydrogens is 264 g/mol. The van der Waals surface area contributed by atoms with Crippen LogP contribution in [0.5, 0.6) is 0 Å². The number of halogens is 1. The number of hydrogen-bond donors (Lipinski definition) is 1. The first kappa shape index (κ1) is 15.9. The Morgan fingerprint density at radius 2 is 1.78 bits per heavy atom. The fourth-order valence-corrected chi connectivity index (χ4v) is 2.80. The molecule has 0 saturated carbocycles. The first-order chi connectivity index (χ1) is 8.72. The van der Waals surface area contributed by atoms with E-state index >= 15 is 0 Å². The van der Waals surface area contributed by atoms with E-state index in [1.807, 2.05) is 24.3 Å². The summed E-state index contributed by atoms with van der Waals surface area (Å²) in [7, 11) is 0. The van der Waals surface area contributed by atoms with Gasteiger partial charge in [0.1, 0.15) is 0 Å². The van der Waals surface area contributed by atoms with Gasteiger partial charge in [-0.3, -0.25) is 0 Å². The Labute approximate surface area is 120 Å². The molecule has 0 amide bonds. The van der Waals surface area contributed by atoms with Crippen molar-refractivity contribution in [1.82, 2.24) is 0 Å². The van der Waals surface area contributed by atoms with Crippen molar-refractivity contribution in [2.75, 3.05) is 5.75 Å². The van der Waals surface area contributed by atoms with E-state index in [1.54, 1.807) is 11.8 Å². The van der Waals surface area contributed by atoms with Crippen LogP contribution in [-0.2, 0) is 0 Å². The third-order valence-corrected chi connectivity index (χ3v) is 4.31. The van der Waals surface area contributed by atoms with Gasteiger partial charge in [0.25, 0.3) is 0 Å². The third kappa shape index (κ3) is 7.30. The molecule has 0 bridgehead atoms. The first-order valence-corrected chi connectivity index (χ1v) is 8.15. The summed E-state index contributed by atoms with van der Waals surface area (Å²) in [6, 6.07) is 7.78. The molecule has 1 unspecified atom stereocenters. The largest absolute Gasteiger partial charge is 0.392 e. The van der Waals surface area contributed by atoms with Gasteiger partial charge in [-0.05, 0) is 30.7 Å². The van der Waals surface area contributed by atoms with Gasteiger partial charge in [-0.15, -0.1) is 11.8 Å². The van der Waals surface area contributed by atoms with E-state index in [2.05, 4.69) is 6.92 Å². The Bertz CT molecular complexity index is 313. The number of aliphatic hydroxyl groups excluding tert-OH is 1. The van der Waals surface area contributed by atoms with Gasteiger partial charge in [-0.25, -0.2) is 0 Å². The van der Waals surface area contributed by atoms with Crippen molar-refractivity contribution < 1.29 is 5.11 Å². The van der Waals surface area contributed by atoms with E-state index in [9.17, 15) is 5.11 Å². The van der Waals surface area contributed by atoms with Crippen molar-refractivity contribution in [1.29, 1.82) is 0 Å². The Kier molecular flexibility index (Phi) is 8.57. The molecule has 0 aromatic heterocycles. The highest BCUT2D eigenvalue weighted by Crippen LogP contribution is 2.22. The van der Waals surface area contributed by atoms with Crippen LogP contribution >= 0.6 is 23.4 Å². The summed E-state index contributed by atoms with van der Waals surface area (Å²) in [5.74, 6) is 0.773. The molecule has 0 aliphatic heterocycles. The van der Waals surface area contributed by atoms with E-state index in [0.717, 1.165) is 23.6 Å². The molecular formula is C15H23ClOS. The van der Waals surface area contributed by atoms with Crippen LogP contribution in [0.1, 0.15) is 45.4 Å². The molecule has 0 fully saturated rings. The minimum atomic E-state index is -0.188. The van der Waals surface area contributed by atoms with Crippen LogP contribution in [0.15, 0.2) is 29.2 Å². The Balaban J connectivity index is 2.09. The molecule has 1 rings (SSSR count). The van der Waals surface area contributed by atoms with Gasteiger partial charge in [0, 0.05) is 15.7 Å². The maximum absolute atomic E-state index is 9.87. The second-order valence-electron chi connectivity index (χ2n) is 4.62. The predicted molar refractivity (Wildman–Crippen MR) is 81.6 cm³/mol. The van der Waals surface area contributed by atoms with Crippen LogP contribution < -0.4 is 0 Å². The minimum Gasteiger partial charge on any atom is -0.392 e. The van der Waals surface area contributed by atoms with Crippen LogP contribution in [0.4, 0.5) is 0 Å². The summed E-state index contributed by atoms with van der Waals surface area (Å²) >= 11 is 7.52. The van der Waals surface area contributed by atoms with Crippen molar-refractivity contribution in [3.8, 4) is 0 Å². The van der Waals surface area contributed by atoms with Crippen molar-refractivity contribution in [3.63, 3.8) is 0 Å². The quantitative estimate of drug-likeness (QED) is 0.500. The molecule has 0 heterocycles. The second-order valence-corrected chi connectivity index (χ2v) is 6.15. The molecule has 1 aromatic carbocycles. The van der Waals surface area contributed by atoms with Crippen molar-refractivity contribution >= 4 is 23.4 Å². The highest BCUT2D eigenvalue weighted by Gasteiger charge is 2.05. The van der Waals surface area contributed by atoms with Crippen molar-refractivity contribution in [2.45, 2.75) is 56.4 Å². The minimum absolute atomic E-state index is 0.188. The van der Waals surface area contributed by atoms with Gasteiger partial charge in [0.05, 0.1) is 6.10 Å². The van der Waals surface area contributed by atoms with Crippen molar-refractivity contribution in [3.05, 3.63) is 29.3 Å². The molecule has 102 valence electrons. The molecule has 18 heavy (non-hydrogen) atoms. The monoisotopic (exact) mass is 286 g/mol.